The van der Waals surface area contributed by atoms with E-state index in [0.717, 1.165) is 42.9 Å². The summed E-state index contributed by atoms with van der Waals surface area (Å²) in [5.41, 5.74) is 10.9. The Bertz CT molecular complexity index is 1400. The third-order valence-electron chi connectivity index (χ3n) is 8.17. The third kappa shape index (κ3) is 6.85. The highest BCUT2D eigenvalue weighted by Gasteiger charge is 2.38. The van der Waals surface area contributed by atoms with Crippen LogP contribution in [0.4, 0.5) is 17.1 Å². The van der Waals surface area contributed by atoms with E-state index >= 15 is 0 Å². The smallest absolute Gasteiger partial charge is 0.248 e. The van der Waals surface area contributed by atoms with Crippen molar-refractivity contribution in [3.8, 4) is 0 Å². The number of rotatable bonds is 11. The van der Waals surface area contributed by atoms with Crippen LogP contribution >= 0.6 is 0 Å². The molecule has 6 rings (SSSR count). The number of benzene rings is 3. The molecule has 0 radical (unpaired) electrons. The average molecular weight is 552 g/mol. The van der Waals surface area contributed by atoms with E-state index in [1.807, 2.05) is 48.5 Å². The number of nitrogen functional groups attached to an aromatic ring is 1. The summed E-state index contributed by atoms with van der Waals surface area (Å²) in [6.45, 7) is 3.32. The standard InChI is InChI=1S/C33H37N5O3/c34-29-3-1-2-4-30(29)37-31(39)16-7-22-5-8-25(9-6-22)32(35-17-18-38-20-28-19-27(38)21-41-28)33(40)36-26-14-12-24(13-15-26)23-10-11-23/h1-9,12-16,23,27-28,32,35H,10-11,17-21,34H2,(H,36,40)(H,37,39)/b16-7+. The number of amides is 2. The number of nitrogens with two attached hydrogens (primary N) is 1. The summed E-state index contributed by atoms with van der Waals surface area (Å²) < 4.78 is 5.73. The zero-order chi connectivity index (χ0) is 28.2. The van der Waals surface area contributed by atoms with Crippen molar-refractivity contribution in [2.45, 2.75) is 43.4 Å². The Morgan fingerprint density at radius 2 is 1.78 bits per heavy atom. The first-order valence-corrected chi connectivity index (χ1v) is 14.5. The molecule has 3 aliphatic rings. The van der Waals surface area contributed by atoms with E-state index in [-0.39, 0.29) is 11.8 Å². The van der Waals surface area contributed by atoms with E-state index in [0.29, 0.717) is 36.0 Å². The maximum atomic E-state index is 13.5. The summed E-state index contributed by atoms with van der Waals surface area (Å²) in [5.74, 6) is 0.314. The zero-order valence-electron chi connectivity index (χ0n) is 23.1. The summed E-state index contributed by atoms with van der Waals surface area (Å²) in [6.07, 6.45) is 7.17. The Kier molecular flexibility index (Phi) is 8.14. The van der Waals surface area contributed by atoms with Crippen molar-refractivity contribution >= 4 is 35.0 Å². The Labute approximate surface area is 240 Å². The van der Waals surface area contributed by atoms with E-state index in [1.54, 1.807) is 18.2 Å². The highest BCUT2D eigenvalue weighted by molar-refractivity contribution is 6.03. The van der Waals surface area contributed by atoms with Gasteiger partial charge in [-0.2, -0.15) is 0 Å². The number of carbonyl (C=O) groups excluding carboxylic acids is 2. The first kappa shape index (κ1) is 27.2. The molecule has 2 heterocycles. The van der Waals surface area contributed by atoms with Gasteiger partial charge in [0.15, 0.2) is 0 Å². The van der Waals surface area contributed by atoms with Gasteiger partial charge in [-0.1, -0.05) is 48.5 Å². The Balaban J connectivity index is 1.11. The summed E-state index contributed by atoms with van der Waals surface area (Å²) in [6, 6.07) is 23.0. The quantitative estimate of drug-likeness (QED) is 0.206. The predicted octanol–water partition coefficient (Wildman–Crippen LogP) is 4.54. The zero-order valence-corrected chi connectivity index (χ0v) is 23.1. The molecular weight excluding hydrogens is 514 g/mol. The number of nitrogens with one attached hydrogen (secondary N) is 3. The number of para-hydroxylation sites is 2. The van der Waals surface area contributed by atoms with Crippen LogP contribution < -0.4 is 21.7 Å². The monoisotopic (exact) mass is 551 g/mol. The van der Waals surface area contributed by atoms with E-state index < -0.39 is 6.04 Å². The van der Waals surface area contributed by atoms with E-state index in [1.165, 1.54) is 24.5 Å². The maximum absolute atomic E-state index is 13.5. The minimum Gasteiger partial charge on any atom is -0.397 e. The maximum Gasteiger partial charge on any atom is 0.248 e. The van der Waals surface area contributed by atoms with Crippen LogP contribution in [0.1, 0.15) is 47.9 Å². The van der Waals surface area contributed by atoms with Gasteiger partial charge in [-0.15, -0.1) is 0 Å². The van der Waals surface area contributed by atoms with Gasteiger partial charge in [0.25, 0.3) is 0 Å². The van der Waals surface area contributed by atoms with Crippen molar-refractivity contribution in [3.05, 3.63) is 95.6 Å². The number of nitrogens with zero attached hydrogens (tertiary/aromatic N) is 1. The molecule has 1 saturated carbocycles. The minimum absolute atomic E-state index is 0.0985. The van der Waals surface area contributed by atoms with Gasteiger partial charge in [0.2, 0.25) is 11.8 Å². The van der Waals surface area contributed by atoms with Crippen LogP contribution in [0.15, 0.2) is 78.9 Å². The second-order valence-corrected chi connectivity index (χ2v) is 11.2. The fraction of sp³-hybridized carbons (Fsp3) is 0.333. The Hall–Kier alpha value is -3.98. The second-order valence-electron chi connectivity index (χ2n) is 11.2. The number of ether oxygens (including phenoxy) is 1. The van der Waals surface area contributed by atoms with Crippen LogP contribution in [-0.2, 0) is 14.3 Å². The number of anilines is 3. The molecule has 3 aromatic carbocycles. The summed E-state index contributed by atoms with van der Waals surface area (Å²) >= 11 is 0. The molecule has 5 N–H and O–H groups in total. The summed E-state index contributed by atoms with van der Waals surface area (Å²) in [7, 11) is 0. The molecule has 3 fully saturated rings. The molecule has 1 aliphatic carbocycles. The first-order chi connectivity index (χ1) is 20.0. The molecule has 2 bridgehead atoms. The molecule has 2 aliphatic heterocycles. The van der Waals surface area contributed by atoms with Crippen LogP contribution in [0.5, 0.6) is 0 Å². The topological polar surface area (TPSA) is 109 Å². The molecule has 3 aromatic rings. The molecule has 2 amide bonds. The van der Waals surface area contributed by atoms with Crippen LogP contribution in [0.25, 0.3) is 6.08 Å². The fourth-order valence-electron chi connectivity index (χ4n) is 5.69. The van der Waals surface area contributed by atoms with Crippen molar-refractivity contribution in [2.24, 2.45) is 0 Å². The van der Waals surface area contributed by atoms with Gasteiger partial charge >= 0.3 is 0 Å². The highest BCUT2D eigenvalue weighted by Crippen LogP contribution is 2.40. The average Bonchev–Trinajstić information content (AvgIpc) is 3.62. The van der Waals surface area contributed by atoms with Gasteiger partial charge < -0.3 is 26.4 Å². The Morgan fingerprint density at radius 1 is 1.00 bits per heavy atom. The normalized spacial score (nSPS) is 20.8. The van der Waals surface area contributed by atoms with E-state index in [9.17, 15) is 9.59 Å². The molecule has 0 aromatic heterocycles. The third-order valence-corrected chi connectivity index (χ3v) is 8.17. The van der Waals surface area contributed by atoms with Gasteiger partial charge in [-0.05, 0) is 72.2 Å². The van der Waals surface area contributed by atoms with Crippen molar-refractivity contribution in [1.82, 2.24) is 10.2 Å². The summed E-state index contributed by atoms with van der Waals surface area (Å²) in [4.78, 5) is 28.4. The van der Waals surface area contributed by atoms with Crippen LogP contribution in [0.3, 0.4) is 0 Å². The largest absolute Gasteiger partial charge is 0.397 e. The molecule has 3 atom stereocenters. The molecule has 3 unspecified atom stereocenters. The van der Waals surface area contributed by atoms with Gasteiger partial charge in [-0.3, -0.25) is 14.5 Å². The Morgan fingerprint density at radius 3 is 2.46 bits per heavy atom. The van der Waals surface area contributed by atoms with Crippen molar-refractivity contribution in [2.75, 3.05) is 42.6 Å². The lowest BCUT2D eigenvalue weighted by atomic mass is 10.0. The van der Waals surface area contributed by atoms with Gasteiger partial charge in [0.1, 0.15) is 6.04 Å². The molecule has 0 spiro atoms. The van der Waals surface area contributed by atoms with Crippen LogP contribution in [0.2, 0.25) is 0 Å². The predicted molar refractivity (Wildman–Crippen MR) is 162 cm³/mol. The molecule has 8 heteroatoms. The SMILES string of the molecule is Nc1ccccc1NC(=O)/C=C/c1ccc(C(NCCN2CC3CC2CO3)C(=O)Nc2ccc(C3CC3)cc2)cc1. The second kappa shape index (κ2) is 12.3. The summed E-state index contributed by atoms with van der Waals surface area (Å²) in [5, 5.41) is 9.39. The molecule has 212 valence electrons. The van der Waals surface area contributed by atoms with Crippen LogP contribution in [0, 0.1) is 0 Å². The number of likely N-dealkylation sites (tertiary alicyclic amines) is 1. The highest BCUT2D eigenvalue weighted by atomic mass is 16.5. The molecule has 2 saturated heterocycles. The van der Waals surface area contributed by atoms with Gasteiger partial charge in [0, 0.05) is 37.4 Å². The minimum atomic E-state index is -0.517. The van der Waals surface area contributed by atoms with Gasteiger partial charge in [-0.25, -0.2) is 0 Å². The number of carbonyl (C=O) groups is 2. The number of hydrogen-bond donors (Lipinski definition) is 4. The van der Waals surface area contributed by atoms with Gasteiger partial charge in [0.05, 0.1) is 24.1 Å². The molecule has 8 nitrogen and oxygen atoms in total. The lowest BCUT2D eigenvalue weighted by molar-refractivity contribution is -0.118. The first-order valence-electron chi connectivity index (χ1n) is 14.5. The number of morpholine rings is 1. The number of fused-ring (bicyclic) bond motifs is 2. The molecular formula is C33H37N5O3. The lowest BCUT2D eigenvalue weighted by Gasteiger charge is -2.27. The van der Waals surface area contributed by atoms with E-state index in [4.69, 9.17) is 10.5 Å². The fourth-order valence-corrected chi connectivity index (χ4v) is 5.69. The number of hydrogen-bond acceptors (Lipinski definition) is 6. The van der Waals surface area contributed by atoms with Crippen LogP contribution in [-0.4, -0.2) is 55.1 Å². The van der Waals surface area contributed by atoms with Crippen molar-refractivity contribution in [3.63, 3.8) is 0 Å². The molecule has 41 heavy (non-hydrogen) atoms. The van der Waals surface area contributed by atoms with E-state index in [2.05, 4.69) is 33.0 Å². The van der Waals surface area contributed by atoms with Crippen molar-refractivity contribution in [1.29, 1.82) is 0 Å². The lowest BCUT2D eigenvalue weighted by Crippen LogP contribution is -2.43. The van der Waals surface area contributed by atoms with Crippen molar-refractivity contribution < 1.29 is 14.3 Å².